The number of benzene rings is 2. The first-order valence-electron chi connectivity index (χ1n) is 13.6. The van der Waals surface area contributed by atoms with Crippen molar-refractivity contribution >= 4 is 11.9 Å². The number of rotatable bonds is 11. The molecule has 1 saturated carbocycles. The molecule has 7 nitrogen and oxygen atoms in total. The number of hydrogen-bond acceptors (Lipinski definition) is 5. The fraction of sp³-hybridized carbons (Fsp3) is 0.419. The third-order valence-electron chi connectivity index (χ3n) is 7.37. The highest BCUT2D eigenvalue weighted by atomic mass is 19.4. The van der Waals surface area contributed by atoms with E-state index in [4.69, 9.17) is 19.0 Å². The van der Waals surface area contributed by atoms with Crippen LogP contribution in [-0.4, -0.2) is 42.6 Å². The van der Waals surface area contributed by atoms with Crippen molar-refractivity contribution < 1.29 is 41.8 Å². The Hall–Kier alpha value is -3.79. The molecule has 4 rings (SSSR count). The second-order valence-electron chi connectivity index (χ2n) is 10.3. The number of ether oxygens (including phenoxy) is 2. The lowest BCUT2D eigenvalue weighted by Crippen LogP contribution is -2.29. The summed E-state index contributed by atoms with van der Waals surface area (Å²) >= 11 is 0. The van der Waals surface area contributed by atoms with Gasteiger partial charge in [-0.3, -0.25) is 9.59 Å². The lowest BCUT2D eigenvalue weighted by atomic mass is 9.82. The van der Waals surface area contributed by atoms with E-state index in [1.165, 1.54) is 17.0 Å². The smallest absolute Gasteiger partial charge is 0.416 e. The second kappa shape index (κ2) is 13.2. The van der Waals surface area contributed by atoms with Crippen LogP contribution in [0.5, 0.6) is 5.75 Å². The van der Waals surface area contributed by atoms with E-state index in [0.717, 1.165) is 49.8 Å². The molecule has 1 aromatic heterocycles. The van der Waals surface area contributed by atoms with Crippen LogP contribution in [-0.2, 0) is 22.3 Å². The van der Waals surface area contributed by atoms with Crippen LogP contribution in [0.15, 0.2) is 59.0 Å². The minimum Gasteiger partial charge on any atom is -0.485 e. The van der Waals surface area contributed by atoms with Gasteiger partial charge in [-0.15, -0.1) is 0 Å². The highest BCUT2D eigenvalue weighted by Crippen LogP contribution is 2.42. The van der Waals surface area contributed by atoms with Crippen molar-refractivity contribution in [3.05, 3.63) is 77.0 Å². The number of carbonyl (C=O) groups is 2. The van der Waals surface area contributed by atoms with E-state index in [1.54, 1.807) is 38.4 Å². The van der Waals surface area contributed by atoms with Gasteiger partial charge < -0.3 is 23.9 Å². The largest absolute Gasteiger partial charge is 0.485 e. The molecule has 1 fully saturated rings. The summed E-state index contributed by atoms with van der Waals surface area (Å²) in [5.41, 5.74) is 0.970. The Labute approximate surface area is 236 Å². The molecule has 1 heterocycles. The number of hydrogen-bond donors (Lipinski definition) is 1. The molecule has 2 aromatic carbocycles. The van der Waals surface area contributed by atoms with Gasteiger partial charge in [-0.25, -0.2) is 0 Å². The fourth-order valence-electron chi connectivity index (χ4n) is 5.15. The average molecular weight is 574 g/mol. The molecule has 0 radical (unpaired) electrons. The van der Waals surface area contributed by atoms with Crippen molar-refractivity contribution in [2.75, 3.05) is 20.7 Å². The van der Waals surface area contributed by atoms with Crippen molar-refractivity contribution in [2.45, 2.75) is 57.4 Å². The number of amides is 1. The third kappa shape index (κ3) is 7.70. The number of methoxy groups -OCH3 is 1. The van der Waals surface area contributed by atoms with Gasteiger partial charge in [0.05, 0.1) is 12.0 Å². The predicted octanol–water partition coefficient (Wildman–Crippen LogP) is 7.36. The minimum atomic E-state index is -4.43. The van der Waals surface area contributed by atoms with Gasteiger partial charge in [0, 0.05) is 43.3 Å². The zero-order valence-corrected chi connectivity index (χ0v) is 23.1. The van der Waals surface area contributed by atoms with Crippen LogP contribution in [0.3, 0.4) is 0 Å². The molecule has 1 aliphatic carbocycles. The predicted molar refractivity (Wildman–Crippen MR) is 145 cm³/mol. The summed E-state index contributed by atoms with van der Waals surface area (Å²) in [4.78, 5) is 24.9. The lowest BCUT2D eigenvalue weighted by molar-refractivity contribution is -0.138. The molecular weight excluding hydrogens is 539 g/mol. The summed E-state index contributed by atoms with van der Waals surface area (Å²) in [6.07, 6.45) is 0.187. The number of nitrogens with zero attached hydrogens (tertiary/aromatic N) is 1. The first kappa shape index (κ1) is 30.2. The third-order valence-corrected chi connectivity index (χ3v) is 7.37. The second-order valence-corrected chi connectivity index (χ2v) is 10.3. The molecule has 0 spiro atoms. The molecular formula is C31H34F3NO6. The zero-order valence-electron chi connectivity index (χ0n) is 23.1. The van der Waals surface area contributed by atoms with Crippen LogP contribution in [0.4, 0.5) is 13.2 Å². The first-order chi connectivity index (χ1) is 19.6. The Kier molecular flexibility index (Phi) is 9.75. The van der Waals surface area contributed by atoms with E-state index >= 15 is 0 Å². The highest BCUT2D eigenvalue weighted by molar-refractivity contribution is 5.94. The van der Waals surface area contributed by atoms with Crippen molar-refractivity contribution in [1.82, 2.24) is 4.90 Å². The van der Waals surface area contributed by atoms with Crippen molar-refractivity contribution in [3.63, 3.8) is 0 Å². The van der Waals surface area contributed by atoms with Crippen molar-refractivity contribution in [1.29, 1.82) is 0 Å². The molecule has 0 saturated heterocycles. The molecule has 1 aliphatic rings. The standard InChI is InChI=1S/C31H34F3NO6/c1-35(17-16-28(36)37)30(38)22-10-14-24(15-11-22)40-29(21-6-4-3-5-7-21)25-18-26(41-27(25)19-39-2)20-8-12-23(13-9-20)31(32,33)34/h8-15,18,21,29H,3-7,16-17,19H2,1-2H3,(H,36,37). The van der Waals surface area contributed by atoms with E-state index < -0.39 is 23.8 Å². The molecule has 1 N–H and O–H groups in total. The maximum Gasteiger partial charge on any atom is 0.416 e. The van der Waals surface area contributed by atoms with Crippen LogP contribution < -0.4 is 4.74 Å². The molecule has 1 atom stereocenters. The number of furan rings is 1. The maximum absolute atomic E-state index is 13.1. The van der Waals surface area contributed by atoms with E-state index in [9.17, 15) is 22.8 Å². The van der Waals surface area contributed by atoms with E-state index in [0.29, 0.717) is 28.4 Å². The lowest BCUT2D eigenvalue weighted by Gasteiger charge is -2.31. The van der Waals surface area contributed by atoms with Gasteiger partial charge in [0.25, 0.3) is 5.91 Å². The number of halogens is 3. The summed E-state index contributed by atoms with van der Waals surface area (Å²) in [5, 5.41) is 8.89. The molecule has 1 amide bonds. The topological polar surface area (TPSA) is 89.2 Å². The van der Waals surface area contributed by atoms with Gasteiger partial charge >= 0.3 is 12.1 Å². The molecule has 3 aromatic rings. The number of carboxylic acids is 1. The number of carbonyl (C=O) groups excluding carboxylic acids is 1. The normalized spacial score (nSPS) is 15.0. The van der Waals surface area contributed by atoms with Crippen molar-refractivity contribution in [2.24, 2.45) is 5.92 Å². The number of carboxylic acid groups (broad SMARTS) is 1. The SMILES string of the molecule is COCc1oc(-c2ccc(C(F)(F)F)cc2)cc1C(Oc1ccc(C(=O)N(C)CCC(=O)O)cc1)C1CCCCC1. The van der Waals surface area contributed by atoms with Gasteiger partial charge in [-0.1, -0.05) is 31.4 Å². The van der Waals surface area contributed by atoms with Gasteiger partial charge in [0.1, 0.15) is 30.0 Å². The maximum atomic E-state index is 13.1. The van der Waals surface area contributed by atoms with E-state index in [2.05, 4.69) is 0 Å². The first-order valence-corrected chi connectivity index (χ1v) is 13.6. The van der Waals surface area contributed by atoms with E-state index in [1.807, 2.05) is 6.07 Å². The quantitative estimate of drug-likeness (QED) is 0.258. The van der Waals surface area contributed by atoms with Gasteiger partial charge in [0.15, 0.2) is 0 Å². The highest BCUT2D eigenvalue weighted by Gasteiger charge is 2.33. The molecule has 0 bridgehead atoms. The Morgan fingerprint density at radius 3 is 2.29 bits per heavy atom. The van der Waals surface area contributed by atoms with Crippen LogP contribution in [0, 0.1) is 5.92 Å². The minimum absolute atomic E-state index is 0.0974. The van der Waals surface area contributed by atoms with Crippen LogP contribution >= 0.6 is 0 Å². The number of alkyl halides is 3. The summed E-state index contributed by atoms with van der Waals surface area (Å²) in [5.74, 6) is 0.433. The summed E-state index contributed by atoms with van der Waals surface area (Å²) in [7, 11) is 3.10. The number of aliphatic carboxylic acids is 1. The summed E-state index contributed by atoms with van der Waals surface area (Å²) < 4.78 is 57.3. The molecule has 41 heavy (non-hydrogen) atoms. The Balaban J connectivity index is 1.61. The monoisotopic (exact) mass is 573 g/mol. The van der Waals surface area contributed by atoms with Crippen LogP contribution in [0.1, 0.15) is 71.9 Å². The van der Waals surface area contributed by atoms with E-state index in [-0.39, 0.29) is 31.4 Å². The van der Waals surface area contributed by atoms with Gasteiger partial charge in [0.2, 0.25) is 0 Å². The molecule has 0 aliphatic heterocycles. The van der Waals surface area contributed by atoms with Crippen LogP contribution in [0.25, 0.3) is 11.3 Å². The van der Waals surface area contributed by atoms with Gasteiger partial charge in [-0.05, 0) is 55.3 Å². The zero-order chi connectivity index (χ0) is 29.6. The fourth-order valence-corrected chi connectivity index (χ4v) is 5.15. The molecule has 220 valence electrons. The average Bonchev–Trinajstić information content (AvgIpc) is 3.38. The molecule has 10 heteroatoms. The van der Waals surface area contributed by atoms with Crippen LogP contribution in [0.2, 0.25) is 0 Å². The molecule has 1 unspecified atom stereocenters. The Bertz CT molecular complexity index is 1310. The Morgan fingerprint density at radius 1 is 1.05 bits per heavy atom. The van der Waals surface area contributed by atoms with Gasteiger partial charge in [-0.2, -0.15) is 13.2 Å². The summed E-state index contributed by atoms with van der Waals surface area (Å²) in [6.45, 7) is 0.263. The van der Waals surface area contributed by atoms with Crippen molar-refractivity contribution in [3.8, 4) is 17.1 Å². The summed E-state index contributed by atoms with van der Waals surface area (Å²) in [6, 6.07) is 13.4. The Morgan fingerprint density at radius 2 is 1.71 bits per heavy atom.